The molecule has 0 aliphatic rings. The van der Waals surface area contributed by atoms with Crippen molar-refractivity contribution in [2.24, 2.45) is 0 Å². The number of nitrogens with one attached hydrogen (secondary N) is 1. The Balaban J connectivity index is 0.962. The van der Waals surface area contributed by atoms with Crippen molar-refractivity contribution in [2.75, 3.05) is 5.32 Å². The molecule has 0 bridgehead atoms. The van der Waals surface area contributed by atoms with E-state index in [4.69, 9.17) is 15.0 Å². The molecule has 0 radical (unpaired) electrons. The lowest BCUT2D eigenvalue weighted by Crippen LogP contribution is -2.01. The van der Waals surface area contributed by atoms with E-state index in [-0.39, 0.29) is 0 Å². The van der Waals surface area contributed by atoms with Gasteiger partial charge in [-0.05, 0) is 93.9 Å². The Hall–Kier alpha value is -8.67. The third kappa shape index (κ3) is 6.87. The number of anilines is 2. The number of aryl methyl sites for hydroxylation is 1. The fraction of sp³-hybridized carbons (Fsp3) is 0.0167. The fourth-order valence-electron chi connectivity index (χ4n) is 9.37. The molecule has 0 amide bonds. The van der Waals surface area contributed by atoms with E-state index in [0.717, 1.165) is 55.7 Å². The molecule has 0 aliphatic heterocycles. The summed E-state index contributed by atoms with van der Waals surface area (Å²) in [6.07, 6.45) is 0. The van der Waals surface area contributed by atoms with Crippen molar-refractivity contribution >= 4 is 54.7 Å². The summed E-state index contributed by atoms with van der Waals surface area (Å²) in [5.74, 6) is 1.88. The maximum Gasteiger partial charge on any atom is 0.164 e. The van der Waals surface area contributed by atoms with E-state index in [1.165, 1.54) is 49.3 Å². The van der Waals surface area contributed by atoms with Crippen LogP contribution in [0.1, 0.15) is 5.56 Å². The summed E-state index contributed by atoms with van der Waals surface area (Å²) in [4.78, 5) is 15.3. The number of aromatic nitrogens is 4. The second-order valence-electron chi connectivity index (χ2n) is 16.6. The first-order chi connectivity index (χ1) is 32.1. The van der Waals surface area contributed by atoms with Gasteiger partial charge in [0.25, 0.3) is 0 Å². The van der Waals surface area contributed by atoms with E-state index < -0.39 is 0 Å². The number of fused-ring (bicyclic) bond motifs is 5. The third-order valence-electron chi connectivity index (χ3n) is 12.6. The average molecular weight is 832 g/mol. The molecule has 0 aliphatic carbocycles. The second-order valence-corrected chi connectivity index (χ2v) is 16.6. The van der Waals surface area contributed by atoms with Gasteiger partial charge < -0.3 is 9.88 Å². The topological polar surface area (TPSA) is 55.6 Å². The summed E-state index contributed by atoms with van der Waals surface area (Å²) in [5.41, 5.74) is 14.2. The molecule has 12 aromatic rings. The van der Waals surface area contributed by atoms with Gasteiger partial charge in [0.15, 0.2) is 17.5 Å². The van der Waals surface area contributed by atoms with E-state index in [0.29, 0.717) is 17.5 Å². The fourth-order valence-corrected chi connectivity index (χ4v) is 9.37. The predicted octanol–water partition coefficient (Wildman–Crippen LogP) is 15.7. The lowest BCUT2D eigenvalue weighted by atomic mass is 9.95. The van der Waals surface area contributed by atoms with Crippen molar-refractivity contribution < 1.29 is 0 Å². The van der Waals surface area contributed by atoms with E-state index in [2.05, 4.69) is 205 Å². The van der Waals surface area contributed by atoms with Crippen LogP contribution in [0.4, 0.5) is 11.4 Å². The van der Waals surface area contributed by atoms with Gasteiger partial charge in [-0.3, -0.25) is 0 Å². The molecule has 306 valence electrons. The molecule has 0 unspecified atom stereocenters. The van der Waals surface area contributed by atoms with Crippen LogP contribution < -0.4 is 5.32 Å². The number of hydrogen-bond acceptors (Lipinski definition) is 4. The first kappa shape index (κ1) is 38.0. The van der Waals surface area contributed by atoms with Gasteiger partial charge in [0.05, 0.1) is 11.0 Å². The number of benzene rings is 10. The maximum absolute atomic E-state index is 5.17. The average Bonchev–Trinajstić information content (AvgIpc) is 3.67. The molecule has 65 heavy (non-hydrogen) atoms. The van der Waals surface area contributed by atoms with E-state index in [1.807, 2.05) is 36.4 Å². The minimum absolute atomic E-state index is 0.621. The van der Waals surface area contributed by atoms with Gasteiger partial charge in [-0.25, -0.2) is 15.0 Å². The Kier molecular flexibility index (Phi) is 9.31. The van der Waals surface area contributed by atoms with Crippen molar-refractivity contribution in [3.63, 3.8) is 0 Å². The van der Waals surface area contributed by atoms with Gasteiger partial charge in [-0.1, -0.05) is 176 Å². The van der Waals surface area contributed by atoms with Crippen molar-refractivity contribution in [1.82, 2.24) is 19.5 Å². The number of rotatable bonds is 8. The Morgan fingerprint density at radius 3 is 1.60 bits per heavy atom. The number of nitrogens with zero attached hydrogens (tertiary/aromatic N) is 4. The normalized spacial score (nSPS) is 11.5. The predicted molar refractivity (Wildman–Crippen MR) is 271 cm³/mol. The highest BCUT2D eigenvalue weighted by Crippen LogP contribution is 2.42. The van der Waals surface area contributed by atoms with Crippen LogP contribution >= 0.6 is 0 Å². The SMILES string of the molecule is Cc1cc2c(cc1-c1ccccc1Nc1cccc3c(-c4nc(-c5ccccc5)nc(-c5ccc(-c6ccccc6)cc5)n4)cccc13)c1cc3ccccc3cc1n2-c1ccccc1. The highest BCUT2D eigenvalue weighted by Gasteiger charge is 2.19. The number of para-hydroxylation sites is 2. The minimum atomic E-state index is 0.621. The Morgan fingerprint density at radius 2 is 0.846 bits per heavy atom. The minimum Gasteiger partial charge on any atom is -0.355 e. The van der Waals surface area contributed by atoms with Crippen LogP contribution in [-0.4, -0.2) is 19.5 Å². The summed E-state index contributed by atoms with van der Waals surface area (Å²) in [6, 6.07) is 79.2. The lowest BCUT2D eigenvalue weighted by molar-refractivity contribution is 1.08. The summed E-state index contributed by atoms with van der Waals surface area (Å²) >= 11 is 0. The molecule has 0 spiro atoms. The van der Waals surface area contributed by atoms with Gasteiger partial charge in [0.2, 0.25) is 0 Å². The van der Waals surface area contributed by atoms with Gasteiger partial charge in [0.1, 0.15) is 0 Å². The summed E-state index contributed by atoms with van der Waals surface area (Å²) in [6.45, 7) is 2.23. The van der Waals surface area contributed by atoms with Crippen molar-refractivity contribution in [2.45, 2.75) is 6.92 Å². The molecule has 12 rings (SSSR count). The second kappa shape index (κ2) is 15.9. The molecular formula is C60H41N5. The molecule has 5 nitrogen and oxygen atoms in total. The Bertz CT molecular complexity index is 3730. The summed E-state index contributed by atoms with van der Waals surface area (Å²) in [5, 5.41) is 10.9. The van der Waals surface area contributed by atoms with Gasteiger partial charge in [0, 0.05) is 55.5 Å². The van der Waals surface area contributed by atoms with E-state index in [9.17, 15) is 0 Å². The van der Waals surface area contributed by atoms with Crippen LogP contribution in [0, 0.1) is 6.92 Å². The summed E-state index contributed by atoms with van der Waals surface area (Å²) in [7, 11) is 0. The first-order valence-electron chi connectivity index (χ1n) is 22.0. The zero-order valence-electron chi connectivity index (χ0n) is 35.7. The molecule has 2 aromatic heterocycles. The van der Waals surface area contributed by atoms with Crippen molar-refractivity contribution in [3.05, 3.63) is 230 Å². The van der Waals surface area contributed by atoms with Gasteiger partial charge >= 0.3 is 0 Å². The van der Waals surface area contributed by atoms with Crippen LogP contribution in [0.25, 0.3) is 105 Å². The third-order valence-corrected chi connectivity index (χ3v) is 12.6. The van der Waals surface area contributed by atoms with Crippen LogP contribution in [-0.2, 0) is 0 Å². The Labute approximate surface area is 377 Å². The molecule has 2 heterocycles. The molecule has 5 heteroatoms. The zero-order chi connectivity index (χ0) is 43.3. The van der Waals surface area contributed by atoms with Crippen LogP contribution in [0.5, 0.6) is 0 Å². The molecular weight excluding hydrogens is 791 g/mol. The smallest absolute Gasteiger partial charge is 0.164 e. The van der Waals surface area contributed by atoms with Gasteiger partial charge in [-0.2, -0.15) is 0 Å². The lowest BCUT2D eigenvalue weighted by Gasteiger charge is -2.17. The summed E-state index contributed by atoms with van der Waals surface area (Å²) < 4.78 is 2.41. The van der Waals surface area contributed by atoms with Crippen LogP contribution in [0.15, 0.2) is 224 Å². The first-order valence-corrected chi connectivity index (χ1v) is 22.0. The highest BCUT2D eigenvalue weighted by molar-refractivity contribution is 6.15. The van der Waals surface area contributed by atoms with Crippen LogP contribution in [0.2, 0.25) is 0 Å². The monoisotopic (exact) mass is 831 g/mol. The van der Waals surface area contributed by atoms with Crippen molar-refractivity contribution in [3.8, 4) is 62.1 Å². The quantitative estimate of drug-likeness (QED) is 0.166. The molecule has 0 saturated carbocycles. The van der Waals surface area contributed by atoms with Gasteiger partial charge in [-0.15, -0.1) is 0 Å². The highest BCUT2D eigenvalue weighted by atomic mass is 15.0. The maximum atomic E-state index is 5.17. The van der Waals surface area contributed by atoms with E-state index >= 15 is 0 Å². The Morgan fingerprint density at radius 1 is 0.338 bits per heavy atom. The standard InChI is InChI=1S/C60H41N5/c1-39-35-56-53(52-36-44-21-11-12-22-45(44)37-57(52)65(56)46-23-9-4-10-24-46)38-51(39)49-25-13-14-29-54(49)61-55-30-16-26-47-48(55)27-15-28-50(47)60-63-58(42-19-7-3-8-20-42)62-59(64-60)43-33-31-41(32-34-43)40-17-5-2-6-18-40/h2-38,61H,1H3. The largest absolute Gasteiger partial charge is 0.355 e. The molecule has 0 fully saturated rings. The number of hydrogen-bond donors (Lipinski definition) is 1. The zero-order valence-corrected chi connectivity index (χ0v) is 35.7. The molecule has 10 aromatic carbocycles. The molecule has 0 saturated heterocycles. The molecule has 0 atom stereocenters. The van der Waals surface area contributed by atoms with Crippen LogP contribution in [0.3, 0.4) is 0 Å². The van der Waals surface area contributed by atoms with Crippen molar-refractivity contribution in [1.29, 1.82) is 0 Å². The van der Waals surface area contributed by atoms with E-state index in [1.54, 1.807) is 0 Å². The molecule has 1 N–H and O–H groups in total.